The third-order valence-electron chi connectivity index (χ3n) is 1.82. The first-order valence-electron chi connectivity index (χ1n) is 4.76. The van der Waals surface area contributed by atoms with Crippen LogP contribution < -0.4 is 16.4 Å². The van der Waals surface area contributed by atoms with Gasteiger partial charge in [0.1, 0.15) is 6.04 Å². The van der Waals surface area contributed by atoms with Gasteiger partial charge in [-0.25, -0.2) is 9.59 Å². The largest absolute Gasteiger partial charge is 0.480 e. The molecule has 0 unspecified atom stereocenters. The minimum atomic E-state index is -1.05. The number of urea groups is 1. The first-order chi connectivity index (χ1) is 6.79. The molecule has 0 radical (unpaired) electrons. The number of carbonyl (C=O) groups excluding carboxylic acids is 1. The van der Waals surface area contributed by atoms with Gasteiger partial charge in [-0.05, 0) is 5.41 Å². The van der Waals surface area contributed by atoms with E-state index in [2.05, 4.69) is 10.6 Å². The van der Waals surface area contributed by atoms with Crippen LogP contribution in [0.3, 0.4) is 0 Å². The van der Waals surface area contributed by atoms with Crippen molar-refractivity contribution in [2.45, 2.75) is 26.8 Å². The fraction of sp³-hybridized carbons (Fsp3) is 0.778. The average molecular weight is 217 g/mol. The Morgan fingerprint density at radius 2 is 1.93 bits per heavy atom. The lowest BCUT2D eigenvalue weighted by Gasteiger charge is -2.27. The molecule has 2 amide bonds. The molecule has 0 aliphatic carbocycles. The van der Waals surface area contributed by atoms with Crippen LogP contribution in [0.4, 0.5) is 4.79 Å². The number of aliphatic carboxylic acids is 1. The van der Waals surface area contributed by atoms with Crippen molar-refractivity contribution >= 4 is 12.0 Å². The predicted molar refractivity (Wildman–Crippen MR) is 56.5 cm³/mol. The van der Waals surface area contributed by atoms with Gasteiger partial charge in [0, 0.05) is 13.1 Å². The molecule has 0 saturated carbocycles. The van der Waals surface area contributed by atoms with Crippen LogP contribution in [-0.4, -0.2) is 36.2 Å². The molecule has 0 heterocycles. The molecule has 15 heavy (non-hydrogen) atoms. The van der Waals surface area contributed by atoms with Crippen molar-refractivity contribution in [3.8, 4) is 0 Å². The van der Waals surface area contributed by atoms with E-state index < -0.39 is 23.5 Å². The van der Waals surface area contributed by atoms with Gasteiger partial charge in [0.05, 0.1) is 0 Å². The maximum atomic E-state index is 11.2. The van der Waals surface area contributed by atoms with Crippen molar-refractivity contribution in [2.24, 2.45) is 11.1 Å². The van der Waals surface area contributed by atoms with Crippen LogP contribution in [-0.2, 0) is 4.79 Å². The third kappa shape index (κ3) is 5.21. The first kappa shape index (κ1) is 13.7. The first-order valence-corrected chi connectivity index (χ1v) is 4.76. The Labute approximate surface area is 89.2 Å². The highest BCUT2D eigenvalue weighted by Gasteiger charge is 2.32. The molecule has 0 aliphatic rings. The Hall–Kier alpha value is -1.30. The summed E-state index contributed by atoms with van der Waals surface area (Å²) < 4.78 is 0. The summed E-state index contributed by atoms with van der Waals surface area (Å²) in [6.45, 7) is 5.88. The number of rotatable bonds is 4. The predicted octanol–water partition coefficient (Wildman–Crippen LogP) is -0.256. The number of amides is 2. The molecule has 0 aliphatic heterocycles. The topological polar surface area (TPSA) is 104 Å². The number of carboxylic acid groups (broad SMARTS) is 1. The third-order valence-corrected chi connectivity index (χ3v) is 1.82. The van der Waals surface area contributed by atoms with Gasteiger partial charge in [-0.15, -0.1) is 0 Å². The summed E-state index contributed by atoms with van der Waals surface area (Å²) in [6.07, 6.45) is 0. The molecule has 0 bridgehead atoms. The zero-order chi connectivity index (χ0) is 12.1. The van der Waals surface area contributed by atoms with E-state index in [4.69, 9.17) is 10.8 Å². The van der Waals surface area contributed by atoms with Crippen molar-refractivity contribution in [1.82, 2.24) is 10.6 Å². The highest BCUT2D eigenvalue weighted by Crippen LogP contribution is 2.19. The summed E-state index contributed by atoms with van der Waals surface area (Å²) in [4.78, 5) is 22.1. The summed E-state index contributed by atoms with van der Waals surface area (Å²) in [5, 5.41) is 13.8. The molecule has 0 aromatic rings. The van der Waals surface area contributed by atoms with Crippen LogP contribution >= 0.6 is 0 Å². The summed E-state index contributed by atoms with van der Waals surface area (Å²) in [5.41, 5.74) is 4.66. The van der Waals surface area contributed by atoms with Gasteiger partial charge in [0.25, 0.3) is 0 Å². The second-order valence-electron chi connectivity index (χ2n) is 4.33. The number of carboxylic acids is 1. The fourth-order valence-corrected chi connectivity index (χ4v) is 1.02. The summed E-state index contributed by atoms with van der Waals surface area (Å²) in [5.74, 6) is -1.05. The van der Waals surface area contributed by atoms with E-state index >= 15 is 0 Å². The minimum Gasteiger partial charge on any atom is -0.480 e. The number of nitrogens with one attached hydrogen (secondary N) is 2. The summed E-state index contributed by atoms with van der Waals surface area (Å²) in [7, 11) is 0. The van der Waals surface area contributed by atoms with Gasteiger partial charge in [-0.1, -0.05) is 20.8 Å². The number of carbonyl (C=O) groups is 2. The molecule has 1 atom stereocenters. The standard InChI is InChI=1S/C9H19N3O3/c1-9(2,3)6(7(13)14)12-8(15)11-5-4-10/h6H,4-5,10H2,1-3H3,(H,13,14)(H2,11,12,15)/t6-/m1/s1. The van der Waals surface area contributed by atoms with Crippen molar-refractivity contribution in [3.63, 3.8) is 0 Å². The summed E-state index contributed by atoms with van der Waals surface area (Å²) >= 11 is 0. The minimum absolute atomic E-state index is 0.320. The Morgan fingerprint density at radius 3 is 2.27 bits per heavy atom. The van der Waals surface area contributed by atoms with Crippen LogP contribution in [0.2, 0.25) is 0 Å². The van der Waals surface area contributed by atoms with E-state index in [0.29, 0.717) is 13.1 Å². The van der Waals surface area contributed by atoms with Crippen molar-refractivity contribution in [1.29, 1.82) is 0 Å². The molecular weight excluding hydrogens is 198 g/mol. The lowest BCUT2D eigenvalue weighted by molar-refractivity contribution is -0.141. The van der Waals surface area contributed by atoms with E-state index in [1.165, 1.54) is 0 Å². The molecule has 0 aromatic heterocycles. The van der Waals surface area contributed by atoms with Crippen LogP contribution in [0.5, 0.6) is 0 Å². The molecule has 0 spiro atoms. The highest BCUT2D eigenvalue weighted by atomic mass is 16.4. The van der Waals surface area contributed by atoms with Gasteiger partial charge < -0.3 is 21.5 Å². The zero-order valence-corrected chi connectivity index (χ0v) is 9.33. The van der Waals surface area contributed by atoms with Crippen molar-refractivity contribution in [3.05, 3.63) is 0 Å². The number of hydrogen-bond donors (Lipinski definition) is 4. The maximum Gasteiger partial charge on any atom is 0.326 e. The van der Waals surface area contributed by atoms with E-state index in [9.17, 15) is 9.59 Å². The van der Waals surface area contributed by atoms with Crippen molar-refractivity contribution < 1.29 is 14.7 Å². The van der Waals surface area contributed by atoms with Gasteiger partial charge >= 0.3 is 12.0 Å². The molecule has 0 rings (SSSR count). The molecule has 0 saturated heterocycles. The molecule has 0 fully saturated rings. The smallest absolute Gasteiger partial charge is 0.326 e. The van der Waals surface area contributed by atoms with Crippen molar-refractivity contribution in [2.75, 3.05) is 13.1 Å². The maximum absolute atomic E-state index is 11.2. The lowest BCUT2D eigenvalue weighted by Crippen LogP contribution is -2.52. The van der Waals surface area contributed by atoms with Crippen LogP contribution in [0, 0.1) is 5.41 Å². The average Bonchev–Trinajstić information content (AvgIpc) is 2.08. The van der Waals surface area contributed by atoms with Gasteiger partial charge in [0.15, 0.2) is 0 Å². The Kier molecular flexibility index (Phi) is 5.07. The molecule has 5 N–H and O–H groups in total. The monoisotopic (exact) mass is 217 g/mol. The van der Waals surface area contributed by atoms with Crippen LogP contribution in [0.15, 0.2) is 0 Å². The Balaban J connectivity index is 4.31. The van der Waals surface area contributed by atoms with Crippen LogP contribution in [0.1, 0.15) is 20.8 Å². The normalized spacial score (nSPS) is 13.1. The molecule has 0 aromatic carbocycles. The SMILES string of the molecule is CC(C)(C)[C@H](NC(=O)NCCN)C(=O)O. The molecule has 88 valence electrons. The molecule has 6 heteroatoms. The highest BCUT2D eigenvalue weighted by molar-refractivity contribution is 5.83. The number of hydrogen-bond acceptors (Lipinski definition) is 3. The molecule has 6 nitrogen and oxygen atoms in total. The number of nitrogens with two attached hydrogens (primary N) is 1. The van der Waals surface area contributed by atoms with Gasteiger partial charge in [-0.3, -0.25) is 0 Å². The van der Waals surface area contributed by atoms with Crippen LogP contribution in [0.25, 0.3) is 0 Å². The van der Waals surface area contributed by atoms with E-state index in [1.54, 1.807) is 20.8 Å². The van der Waals surface area contributed by atoms with E-state index in [0.717, 1.165) is 0 Å². The Morgan fingerprint density at radius 1 is 1.40 bits per heavy atom. The second kappa shape index (κ2) is 5.55. The lowest BCUT2D eigenvalue weighted by atomic mass is 9.87. The Bertz CT molecular complexity index is 235. The quantitative estimate of drug-likeness (QED) is 0.521. The van der Waals surface area contributed by atoms with E-state index in [1.807, 2.05) is 0 Å². The second-order valence-corrected chi connectivity index (χ2v) is 4.33. The summed E-state index contributed by atoms with van der Waals surface area (Å²) in [6, 6.07) is -1.43. The molecular formula is C9H19N3O3. The van der Waals surface area contributed by atoms with Gasteiger partial charge in [-0.2, -0.15) is 0 Å². The fourth-order valence-electron chi connectivity index (χ4n) is 1.02. The van der Waals surface area contributed by atoms with E-state index in [-0.39, 0.29) is 0 Å². The zero-order valence-electron chi connectivity index (χ0n) is 9.33. The van der Waals surface area contributed by atoms with Gasteiger partial charge in [0.2, 0.25) is 0 Å².